The molecule has 0 aromatic heterocycles. The zero-order chi connectivity index (χ0) is 21.0. The van der Waals surface area contributed by atoms with Crippen molar-refractivity contribution >= 4 is 19.7 Å². The molecule has 0 heterocycles. The highest BCUT2D eigenvalue weighted by molar-refractivity contribution is 6.83. The van der Waals surface area contributed by atoms with E-state index in [-0.39, 0.29) is 11.3 Å². The van der Waals surface area contributed by atoms with E-state index in [1.807, 2.05) is 36.4 Å². The lowest BCUT2D eigenvalue weighted by Crippen LogP contribution is -2.16. The topological polar surface area (TPSA) is 52.3 Å². The molecule has 3 aromatic rings. The number of carbonyl (C=O) groups excluding carboxylic acids is 1. The molecule has 0 atom stereocenters. The van der Waals surface area contributed by atoms with Gasteiger partial charge in [-0.1, -0.05) is 68.0 Å². The third-order valence-electron chi connectivity index (χ3n) is 4.13. The molecule has 5 heteroatoms. The molecular weight excluding hydrogens is 381 g/mol. The third-order valence-corrected chi connectivity index (χ3v) is 5.00. The van der Waals surface area contributed by atoms with Gasteiger partial charge in [-0.15, -0.1) is 5.54 Å². The number of nitrogens with two attached hydrogens (primary N) is 1. The van der Waals surface area contributed by atoms with Crippen molar-refractivity contribution in [3.05, 3.63) is 83.7 Å². The van der Waals surface area contributed by atoms with Crippen LogP contribution in [0.2, 0.25) is 19.6 Å². The molecule has 0 amide bonds. The van der Waals surface area contributed by atoms with Gasteiger partial charge in [0.2, 0.25) is 0 Å². The minimum absolute atomic E-state index is 0.0360. The Hall–Kier alpha value is -3.36. The fourth-order valence-corrected chi connectivity index (χ4v) is 3.28. The Bertz CT molecular complexity index is 1100. The SMILES string of the molecule is C[Si](C)(C)C#Cc1ccccc1-c1ccccc1OC(=O)c1c(N)cccc1F. The first-order valence-electron chi connectivity index (χ1n) is 9.24. The van der Waals surface area contributed by atoms with Crippen LogP contribution in [0.5, 0.6) is 5.75 Å². The van der Waals surface area contributed by atoms with E-state index in [9.17, 15) is 9.18 Å². The highest BCUT2D eigenvalue weighted by Gasteiger charge is 2.19. The molecule has 3 nitrogen and oxygen atoms in total. The second kappa shape index (κ2) is 8.34. The molecule has 0 spiro atoms. The number of rotatable bonds is 3. The smallest absolute Gasteiger partial charge is 0.348 e. The number of halogens is 1. The van der Waals surface area contributed by atoms with E-state index in [2.05, 4.69) is 31.1 Å². The first kappa shape index (κ1) is 20.4. The van der Waals surface area contributed by atoms with Gasteiger partial charge in [0.25, 0.3) is 0 Å². The summed E-state index contributed by atoms with van der Waals surface area (Å²) in [5.41, 5.74) is 11.3. The van der Waals surface area contributed by atoms with Gasteiger partial charge in [0, 0.05) is 22.4 Å². The molecule has 0 aliphatic carbocycles. The van der Waals surface area contributed by atoms with E-state index in [0.717, 1.165) is 11.1 Å². The Morgan fingerprint density at radius 3 is 2.28 bits per heavy atom. The number of anilines is 1. The number of nitrogen functional groups attached to an aromatic ring is 1. The van der Waals surface area contributed by atoms with E-state index >= 15 is 0 Å². The predicted molar refractivity (Wildman–Crippen MR) is 118 cm³/mol. The van der Waals surface area contributed by atoms with Crippen molar-refractivity contribution in [2.45, 2.75) is 19.6 Å². The van der Waals surface area contributed by atoms with Gasteiger partial charge in [0.1, 0.15) is 25.2 Å². The lowest BCUT2D eigenvalue weighted by Gasteiger charge is -2.13. The van der Waals surface area contributed by atoms with Crippen LogP contribution in [-0.2, 0) is 0 Å². The van der Waals surface area contributed by atoms with Crippen molar-refractivity contribution in [2.24, 2.45) is 0 Å². The normalized spacial score (nSPS) is 10.8. The van der Waals surface area contributed by atoms with Crippen LogP contribution in [0, 0.1) is 17.3 Å². The van der Waals surface area contributed by atoms with Crippen LogP contribution in [0.3, 0.4) is 0 Å². The van der Waals surface area contributed by atoms with E-state index < -0.39 is 19.9 Å². The number of ether oxygens (including phenoxy) is 1. The lowest BCUT2D eigenvalue weighted by atomic mass is 9.99. The highest BCUT2D eigenvalue weighted by atomic mass is 28.3. The Balaban J connectivity index is 2.03. The van der Waals surface area contributed by atoms with Gasteiger partial charge in [0.15, 0.2) is 0 Å². The molecule has 0 radical (unpaired) electrons. The van der Waals surface area contributed by atoms with Crippen LogP contribution in [-0.4, -0.2) is 14.0 Å². The molecule has 3 rings (SSSR count). The predicted octanol–water partition coefficient (Wildman–Crippen LogP) is 5.52. The van der Waals surface area contributed by atoms with Crippen LogP contribution >= 0.6 is 0 Å². The van der Waals surface area contributed by atoms with Gasteiger partial charge in [-0.2, -0.15) is 0 Å². The molecule has 3 aromatic carbocycles. The van der Waals surface area contributed by atoms with Crippen molar-refractivity contribution in [1.29, 1.82) is 0 Å². The molecule has 0 unspecified atom stereocenters. The van der Waals surface area contributed by atoms with Gasteiger partial charge in [-0.3, -0.25) is 0 Å². The fourth-order valence-electron chi connectivity index (χ4n) is 2.77. The average Bonchev–Trinajstić information content (AvgIpc) is 2.66. The number of carbonyl (C=O) groups is 1. The summed E-state index contributed by atoms with van der Waals surface area (Å²) in [5.74, 6) is 2.05. The average molecular weight is 404 g/mol. The summed E-state index contributed by atoms with van der Waals surface area (Å²) in [6.45, 7) is 6.53. The minimum atomic E-state index is -1.56. The number of esters is 1. The summed E-state index contributed by atoms with van der Waals surface area (Å²) < 4.78 is 19.7. The van der Waals surface area contributed by atoms with Crippen LogP contribution < -0.4 is 10.5 Å². The van der Waals surface area contributed by atoms with Gasteiger partial charge < -0.3 is 10.5 Å². The molecule has 2 N–H and O–H groups in total. The van der Waals surface area contributed by atoms with E-state index in [0.29, 0.717) is 11.3 Å². The highest BCUT2D eigenvalue weighted by Crippen LogP contribution is 2.33. The second-order valence-electron chi connectivity index (χ2n) is 7.64. The number of para-hydroxylation sites is 1. The maximum atomic E-state index is 14.1. The number of hydrogen-bond acceptors (Lipinski definition) is 3. The molecule has 0 saturated carbocycles. The number of benzene rings is 3. The Morgan fingerprint density at radius 1 is 0.931 bits per heavy atom. The minimum Gasteiger partial charge on any atom is -0.422 e. The van der Waals surface area contributed by atoms with Crippen molar-refractivity contribution in [1.82, 2.24) is 0 Å². The molecular formula is C24H22FNO2Si. The molecule has 0 saturated heterocycles. The van der Waals surface area contributed by atoms with Gasteiger partial charge in [-0.25, -0.2) is 9.18 Å². The maximum absolute atomic E-state index is 14.1. The summed E-state index contributed by atoms with van der Waals surface area (Å²) >= 11 is 0. The quantitative estimate of drug-likeness (QED) is 0.206. The molecule has 146 valence electrons. The summed E-state index contributed by atoms with van der Waals surface area (Å²) in [7, 11) is -1.56. The Kier molecular flexibility index (Phi) is 5.86. The molecule has 0 bridgehead atoms. The number of hydrogen-bond donors (Lipinski definition) is 1. The van der Waals surface area contributed by atoms with Crippen LogP contribution in [0.1, 0.15) is 15.9 Å². The zero-order valence-corrected chi connectivity index (χ0v) is 17.6. The first-order valence-corrected chi connectivity index (χ1v) is 12.7. The van der Waals surface area contributed by atoms with Crippen LogP contribution in [0.25, 0.3) is 11.1 Å². The first-order chi connectivity index (χ1) is 13.8. The molecule has 0 aliphatic heterocycles. The van der Waals surface area contributed by atoms with Crippen molar-refractivity contribution in [3.8, 4) is 28.3 Å². The van der Waals surface area contributed by atoms with Gasteiger partial charge in [0.05, 0.1) is 0 Å². The maximum Gasteiger partial charge on any atom is 0.348 e. The van der Waals surface area contributed by atoms with E-state index in [4.69, 9.17) is 10.5 Å². The molecule has 0 fully saturated rings. The summed E-state index contributed by atoms with van der Waals surface area (Å²) in [5, 5.41) is 0. The monoisotopic (exact) mass is 403 g/mol. The third kappa shape index (κ3) is 4.92. The largest absolute Gasteiger partial charge is 0.422 e. The van der Waals surface area contributed by atoms with Crippen molar-refractivity contribution < 1.29 is 13.9 Å². The summed E-state index contributed by atoms with van der Waals surface area (Å²) in [6, 6.07) is 18.9. The molecule has 29 heavy (non-hydrogen) atoms. The fraction of sp³-hybridized carbons (Fsp3) is 0.125. The van der Waals surface area contributed by atoms with Crippen molar-refractivity contribution in [2.75, 3.05) is 5.73 Å². The zero-order valence-electron chi connectivity index (χ0n) is 16.6. The Morgan fingerprint density at radius 2 is 1.59 bits per heavy atom. The van der Waals surface area contributed by atoms with Crippen molar-refractivity contribution in [3.63, 3.8) is 0 Å². The lowest BCUT2D eigenvalue weighted by molar-refractivity contribution is 0.0732. The van der Waals surface area contributed by atoms with Gasteiger partial charge in [-0.05, 0) is 24.3 Å². The standard InChI is InChI=1S/C24H22FNO2Si/c1-29(2,3)16-15-17-9-4-5-10-18(17)19-11-6-7-14-22(19)28-24(27)23-20(25)12-8-13-21(23)26/h4-14H,26H2,1-3H3. The van der Waals surface area contributed by atoms with Gasteiger partial charge >= 0.3 is 5.97 Å². The Labute approximate surface area is 171 Å². The summed E-state index contributed by atoms with van der Waals surface area (Å²) in [6.07, 6.45) is 0. The molecule has 0 aliphatic rings. The van der Waals surface area contributed by atoms with E-state index in [1.165, 1.54) is 18.2 Å². The van der Waals surface area contributed by atoms with E-state index in [1.54, 1.807) is 12.1 Å². The van der Waals surface area contributed by atoms with Crippen LogP contribution in [0.4, 0.5) is 10.1 Å². The van der Waals surface area contributed by atoms with Crippen LogP contribution in [0.15, 0.2) is 66.7 Å². The summed E-state index contributed by atoms with van der Waals surface area (Å²) in [4.78, 5) is 12.6. The second-order valence-corrected chi connectivity index (χ2v) is 12.4.